The van der Waals surface area contributed by atoms with Gasteiger partial charge in [-0.25, -0.2) is 13.6 Å². The van der Waals surface area contributed by atoms with E-state index in [9.17, 15) is 23.1 Å². The van der Waals surface area contributed by atoms with Gasteiger partial charge in [-0.3, -0.25) is 9.59 Å². The van der Waals surface area contributed by atoms with Gasteiger partial charge in [-0.05, 0) is 24.6 Å². The van der Waals surface area contributed by atoms with Crippen LogP contribution in [0.4, 0.5) is 0 Å². The van der Waals surface area contributed by atoms with Gasteiger partial charge in [0.15, 0.2) is 0 Å². The van der Waals surface area contributed by atoms with Crippen molar-refractivity contribution in [2.24, 2.45) is 16.5 Å². The number of ether oxygens (including phenoxy) is 2. The van der Waals surface area contributed by atoms with Crippen LogP contribution in [0.1, 0.15) is 16.8 Å². The average Bonchev–Trinajstić information content (AvgIpc) is 3.00. The molecule has 0 bridgehead atoms. The largest absolute Gasteiger partial charge is 0.496 e. The number of rotatable bonds is 4. The second-order valence-corrected chi connectivity index (χ2v) is 8.14. The summed E-state index contributed by atoms with van der Waals surface area (Å²) >= 11 is 0. The summed E-state index contributed by atoms with van der Waals surface area (Å²) in [7, 11) is -2.63. The van der Waals surface area contributed by atoms with Crippen molar-refractivity contribution in [3.8, 4) is 5.75 Å². The smallest absolute Gasteiger partial charge is 0.311 e. The fraction of sp³-hybridized carbons (Fsp3) is 0.500. The van der Waals surface area contributed by atoms with Crippen LogP contribution in [0.3, 0.4) is 0 Å². The number of primary sulfonamides is 1. The molecule has 3 N–H and O–H groups in total. The van der Waals surface area contributed by atoms with E-state index in [1.54, 1.807) is 0 Å². The minimum atomic E-state index is -3.99. The predicted molar refractivity (Wildman–Crippen MR) is 89.3 cm³/mol. The molecule has 3 rings (SSSR count). The third-order valence-electron chi connectivity index (χ3n) is 5.15. The molecule has 0 saturated carbocycles. The van der Waals surface area contributed by atoms with Gasteiger partial charge in [-0.1, -0.05) is 0 Å². The Bertz CT molecular complexity index is 854. The summed E-state index contributed by atoms with van der Waals surface area (Å²) in [5.41, 5.74) is -1.02. The zero-order valence-electron chi connectivity index (χ0n) is 14.2. The maximum atomic E-state index is 13.0. The number of nitrogens with zero attached hydrogens (tertiary/aromatic N) is 1. The number of aliphatic carboxylic acids is 1. The van der Waals surface area contributed by atoms with Gasteiger partial charge in [0.1, 0.15) is 5.75 Å². The van der Waals surface area contributed by atoms with Crippen LogP contribution in [-0.4, -0.2) is 63.7 Å². The molecule has 2 heterocycles. The second kappa shape index (κ2) is 6.53. The normalized spacial score (nSPS) is 25.6. The molecular formula is C16H20N2O7S. The van der Waals surface area contributed by atoms with Crippen LogP contribution < -0.4 is 9.88 Å². The molecule has 2 aliphatic heterocycles. The van der Waals surface area contributed by atoms with Crippen LogP contribution in [0, 0.1) is 11.3 Å². The summed E-state index contributed by atoms with van der Waals surface area (Å²) in [5.74, 6) is -1.57. The molecule has 2 fully saturated rings. The maximum absolute atomic E-state index is 13.0. The molecule has 0 aliphatic carbocycles. The van der Waals surface area contributed by atoms with Crippen molar-refractivity contribution >= 4 is 21.9 Å². The van der Waals surface area contributed by atoms with Gasteiger partial charge in [0.2, 0.25) is 10.0 Å². The van der Waals surface area contributed by atoms with Crippen molar-refractivity contribution in [2.45, 2.75) is 11.3 Å². The standard InChI is InChI=1S/C16H20N2O7S/c1-24-13-3-2-11(26(17,22)23)6-12(13)14(19)18-7-10-8-25-5-4-16(10,9-18)15(20)21/h2-3,6,10H,4-5,7-9H2,1H3,(H,20,21)(H2,17,22,23)/t10-,16+/m0/s1. The van der Waals surface area contributed by atoms with Crippen molar-refractivity contribution in [2.75, 3.05) is 33.4 Å². The Morgan fingerprint density at radius 2 is 2.15 bits per heavy atom. The molecular weight excluding hydrogens is 364 g/mol. The molecule has 0 radical (unpaired) electrons. The van der Waals surface area contributed by atoms with Crippen molar-refractivity contribution in [3.05, 3.63) is 23.8 Å². The number of likely N-dealkylation sites (tertiary alicyclic amines) is 1. The minimum absolute atomic E-state index is 0.0270. The van der Waals surface area contributed by atoms with Crippen LogP contribution in [0.15, 0.2) is 23.1 Å². The van der Waals surface area contributed by atoms with E-state index in [1.807, 2.05) is 0 Å². The topological polar surface area (TPSA) is 136 Å². The van der Waals surface area contributed by atoms with Gasteiger partial charge < -0.3 is 19.5 Å². The number of carboxylic acids is 1. The number of hydrogen-bond donors (Lipinski definition) is 2. The Morgan fingerprint density at radius 1 is 1.42 bits per heavy atom. The molecule has 2 atom stereocenters. The van der Waals surface area contributed by atoms with E-state index in [-0.39, 0.29) is 41.8 Å². The number of fused-ring (bicyclic) bond motifs is 1. The van der Waals surface area contributed by atoms with E-state index in [4.69, 9.17) is 14.6 Å². The highest BCUT2D eigenvalue weighted by Gasteiger charge is 2.55. The van der Waals surface area contributed by atoms with E-state index in [1.165, 1.54) is 24.1 Å². The summed E-state index contributed by atoms with van der Waals surface area (Å²) in [5, 5.41) is 14.8. The molecule has 26 heavy (non-hydrogen) atoms. The van der Waals surface area contributed by atoms with Crippen LogP contribution >= 0.6 is 0 Å². The van der Waals surface area contributed by atoms with Crippen molar-refractivity contribution in [3.63, 3.8) is 0 Å². The second-order valence-electron chi connectivity index (χ2n) is 6.58. The molecule has 0 spiro atoms. The van der Waals surface area contributed by atoms with Gasteiger partial charge in [0, 0.05) is 25.6 Å². The molecule has 10 heteroatoms. The summed E-state index contributed by atoms with van der Waals surface area (Å²) in [6.07, 6.45) is 0.325. The number of hydrogen-bond acceptors (Lipinski definition) is 6. The lowest BCUT2D eigenvalue weighted by molar-refractivity contribution is -0.157. The summed E-state index contributed by atoms with van der Waals surface area (Å²) < 4.78 is 33.7. The molecule has 1 aromatic carbocycles. The van der Waals surface area contributed by atoms with Crippen LogP contribution in [-0.2, 0) is 19.6 Å². The first-order valence-electron chi connectivity index (χ1n) is 8.00. The molecule has 0 aromatic heterocycles. The first kappa shape index (κ1) is 18.6. The van der Waals surface area contributed by atoms with Gasteiger partial charge >= 0.3 is 5.97 Å². The van der Waals surface area contributed by atoms with Gasteiger partial charge in [-0.2, -0.15) is 0 Å². The Balaban J connectivity index is 1.96. The Hall–Kier alpha value is -2.17. The zero-order chi connectivity index (χ0) is 19.1. The zero-order valence-corrected chi connectivity index (χ0v) is 15.0. The number of methoxy groups -OCH3 is 1. The third-order valence-corrected chi connectivity index (χ3v) is 6.06. The molecule has 1 amide bonds. The van der Waals surface area contributed by atoms with E-state index in [2.05, 4.69) is 0 Å². The van der Waals surface area contributed by atoms with Crippen LogP contribution in [0.5, 0.6) is 5.75 Å². The van der Waals surface area contributed by atoms with E-state index < -0.39 is 27.3 Å². The van der Waals surface area contributed by atoms with Crippen molar-refractivity contribution < 1.29 is 32.6 Å². The lowest BCUT2D eigenvalue weighted by Gasteiger charge is -2.33. The lowest BCUT2D eigenvalue weighted by atomic mass is 9.74. The highest BCUT2D eigenvalue weighted by Crippen LogP contribution is 2.43. The fourth-order valence-corrected chi connectivity index (χ4v) is 4.20. The number of carbonyl (C=O) groups excluding carboxylic acids is 1. The number of amides is 1. The van der Waals surface area contributed by atoms with Gasteiger partial charge in [0.25, 0.3) is 5.91 Å². The first-order chi connectivity index (χ1) is 12.2. The lowest BCUT2D eigenvalue weighted by Crippen LogP contribution is -2.45. The van der Waals surface area contributed by atoms with Gasteiger partial charge in [0.05, 0.1) is 29.6 Å². The first-order valence-corrected chi connectivity index (χ1v) is 9.55. The molecule has 0 unspecified atom stereocenters. The number of benzene rings is 1. The number of nitrogens with two attached hydrogens (primary N) is 1. The quantitative estimate of drug-likeness (QED) is 0.740. The number of carbonyl (C=O) groups is 2. The SMILES string of the molecule is COc1ccc(S(N)(=O)=O)cc1C(=O)N1C[C@H]2COCC[C@@]2(C(=O)O)C1. The average molecular weight is 384 g/mol. The van der Waals surface area contributed by atoms with Crippen molar-refractivity contribution in [1.82, 2.24) is 4.90 Å². The molecule has 2 aliphatic rings. The van der Waals surface area contributed by atoms with E-state index in [0.29, 0.717) is 13.0 Å². The Morgan fingerprint density at radius 3 is 2.73 bits per heavy atom. The fourth-order valence-electron chi connectivity index (χ4n) is 3.66. The highest BCUT2D eigenvalue weighted by atomic mass is 32.2. The molecule has 1 aromatic rings. The summed E-state index contributed by atoms with van der Waals surface area (Å²) in [6.45, 7) is 0.853. The molecule has 2 saturated heterocycles. The highest BCUT2D eigenvalue weighted by molar-refractivity contribution is 7.89. The van der Waals surface area contributed by atoms with Gasteiger partial charge in [-0.15, -0.1) is 0 Å². The summed E-state index contributed by atoms with van der Waals surface area (Å²) in [4.78, 5) is 26.0. The maximum Gasteiger partial charge on any atom is 0.311 e. The Labute approximate surface area is 150 Å². The number of sulfonamides is 1. The minimum Gasteiger partial charge on any atom is -0.496 e. The third kappa shape index (κ3) is 3.04. The monoisotopic (exact) mass is 384 g/mol. The van der Waals surface area contributed by atoms with Crippen LogP contribution in [0.2, 0.25) is 0 Å². The van der Waals surface area contributed by atoms with E-state index >= 15 is 0 Å². The predicted octanol–water partition coefficient (Wildman–Crippen LogP) is -0.0941. The molecule has 142 valence electrons. The summed E-state index contributed by atoms with van der Waals surface area (Å²) in [6, 6.07) is 3.76. The molecule has 9 nitrogen and oxygen atoms in total. The van der Waals surface area contributed by atoms with E-state index in [0.717, 1.165) is 6.07 Å². The van der Waals surface area contributed by atoms with Crippen molar-refractivity contribution in [1.29, 1.82) is 0 Å². The number of carboxylic acid groups (broad SMARTS) is 1. The Kier molecular flexibility index (Phi) is 4.67. The van der Waals surface area contributed by atoms with Crippen LogP contribution in [0.25, 0.3) is 0 Å².